The monoisotopic (exact) mass is 420 g/mol. The number of aromatic nitrogens is 4. The lowest BCUT2D eigenvalue weighted by atomic mass is 10.2. The van der Waals surface area contributed by atoms with E-state index in [4.69, 9.17) is 10.3 Å². The number of anilines is 2. The fraction of sp³-hybridized carbons (Fsp3) is 0.143. The number of rotatable bonds is 6. The molecule has 152 valence electrons. The molecular formula is C21H20N6O2S. The lowest BCUT2D eigenvalue weighted by Gasteiger charge is -2.07. The Morgan fingerprint density at radius 3 is 2.73 bits per heavy atom. The molecule has 0 bridgehead atoms. The molecule has 4 rings (SSSR count). The van der Waals surface area contributed by atoms with Crippen molar-refractivity contribution >= 4 is 29.2 Å². The number of amides is 1. The summed E-state index contributed by atoms with van der Waals surface area (Å²) in [6.45, 7) is 1.93. The molecule has 0 aliphatic carbocycles. The van der Waals surface area contributed by atoms with Crippen molar-refractivity contribution in [3.05, 3.63) is 60.2 Å². The zero-order chi connectivity index (χ0) is 21.1. The molecule has 0 aliphatic rings. The summed E-state index contributed by atoms with van der Waals surface area (Å²) in [5, 5.41) is 12.0. The van der Waals surface area contributed by atoms with Crippen LogP contribution in [0.5, 0.6) is 0 Å². The zero-order valence-electron chi connectivity index (χ0n) is 16.5. The van der Waals surface area contributed by atoms with Crippen LogP contribution in [-0.2, 0) is 11.3 Å². The summed E-state index contributed by atoms with van der Waals surface area (Å²) in [5.74, 6) is 0.787. The highest BCUT2D eigenvalue weighted by Crippen LogP contribution is 2.34. The van der Waals surface area contributed by atoms with Crippen LogP contribution in [0.3, 0.4) is 0 Å². The molecule has 1 amide bonds. The van der Waals surface area contributed by atoms with Crippen LogP contribution in [-0.4, -0.2) is 32.1 Å². The molecule has 0 unspecified atom stereocenters. The first-order valence-corrected chi connectivity index (χ1v) is 10.4. The summed E-state index contributed by atoms with van der Waals surface area (Å²) in [4.78, 5) is 17.0. The standard InChI is InChI=1S/C21H20N6O2S/c1-13-7-6-10-15(11-13)23-16(28)12-27-18(22)17(21(25-27)30-2)20-24-19(26-29-20)14-8-4-3-5-9-14/h3-11H,12,22H2,1-2H3,(H,23,28). The Bertz CT molecular complexity index is 1190. The first-order valence-electron chi connectivity index (χ1n) is 9.21. The van der Waals surface area contributed by atoms with E-state index in [9.17, 15) is 4.79 Å². The molecule has 8 nitrogen and oxygen atoms in total. The van der Waals surface area contributed by atoms with Crippen LogP contribution in [0.2, 0.25) is 0 Å². The van der Waals surface area contributed by atoms with Gasteiger partial charge in [-0.05, 0) is 30.9 Å². The first kappa shape index (κ1) is 19.7. The Morgan fingerprint density at radius 2 is 2.00 bits per heavy atom. The van der Waals surface area contributed by atoms with E-state index in [1.807, 2.05) is 67.8 Å². The largest absolute Gasteiger partial charge is 0.383 e. The minimum absolute atomic E-state index is 0.0347. The number of hydrogen-bond acceptors (Lipinski definition) is 7. The fourth-order valence-corrected chi connectivity index (χ4v) is 3.58. The third kappa shape index (κ3) is 4.06. The number of nitrogen functional groups attached to an aromatic ring is 1. The quantitative estimate of drug-likeness (QED) is 0.456. The molecular weight excluding hydrogens is 400 g/mol. The van der Waals surface area contributed by atoms with E-state index in [0.717, 1.165) is 16.8 Å². The molecule has 0 spiro atoms. The van der Waals surface area contributed by atoms with E-state index in [0.29, 0.717) is 22.2 Å². The van der Waals surface area contributed by atoms with Crippen molar-refractivity contribution in [1.29, 1.82) is 0 Å². The first-order chi connectivity index (χ1) is 14.5. The highest BCUT2D eigenvalue weighted by molar-refractivity contribution is 7.98. The Balaban J connectivity index is 1.59. The number of hydrogen-bond donors (Lipinski definition) is 2. The Labute approximate surface area is 177 Å². The molecule has 2 heterocycles. The summed E-state index contributed by atoms with van der Waals surface area (Å²) in [7, 11) is 0. The van der Waals surface area contributed by atoms with Crippen LogP contribution in [0.25, 0.3) is 22.8 Å². The lowest BCUT2D eigenvalue weighted by Crippen LogP contribution is -2.20. The number of nitrogens with zero attached hydrogens (tertiary/aromatic N) is 4. The van der Waals surface area contributed by atoms with Crippen molar-refractivity contribution in [2.24, 2.45) is 0 Å². The van der Waals surface area contributed by atoms with Crippen molar-refractivity contribution in [2.45, 2.75) is 18.5 Å². The summed E-state index contributed by atoms with van der Waals surface area (Å²) in [6, 6.07) is 17.1. The van der Waals surface area contributed by atoms with Crippen LogP contribution in [0.4, 0.5) is 11.5 Å². The van der Waals surface area contributed by atoms with Crippen LogP contribution in [0, 0.1) is 6.92 Å². The van der Waals surface area contributed by atoms with Crippen molar-refractivity contribution in [3.8, 4) is 22.8 Å². The Kier molecular flexibility index (Phi) is 5.53. The van der Waals surface area contributed by atoms with Gasteiger partial charge in [0.25, 0.3) is 5.89 Å². The van der Waals surface area contributed by atoms with E-state index >= 15 is 0 Å². The highest BCUT2D eigenvalue weighted by Gasteiger charge is 2.23. The third-order valence-electron chi connectivity index (χ3n) is 4.42. The minimum atomic E-state index is -0.232. The van der Waals surface area contributed by atoms with E-state index in [-0.39, 0.29) is 18.3 Å². The molecule has 0 atom stereocenters. The van der Waals surface area contributed by atoms with Crippen LogP contribution in [0.15, 0.2) is 64.1 Å². The molecule has 9 heteroatoms. The molecule has 0 saturated carbocycles. The second-order valence-electron chi connectivity index (χ2n) is 6.63. The maximum absolute atomic E-state index is 12.5. The molecule has 2 aromatic carbocycles. The smallest absolute Gasteiger partial charge is 0.264 e. The maximum Gasteiger partial charge on any atom is 0.264 e. The van der Waals surface area contributed by atoms with Gasteiger partial charge in [0, 0.05) is 11.3 Å². The number of carbonyl (C=O) groups excluding carboxylic acids is 1. The third-order valence-corrected chi connectivity index (χ3v) is 5.09. The number of benzene rings is 2. The van der Waals surface area contributed by atoms with Gasteiger partial charge in [-0.3, -0.25) is 4.79 Å². The Morgan fingerprint density at radius 1 is 1.20 bits per heavy atom. The van der Waals surface area contributed by atoms with Crippen molar-refractivity contribution in [2.75, 3.05) is 17.3 Å². The van der Waals surface area contributed by atoms with E-state index in [2.05, 4.69) is 20.6 Å². The Hall–Kier alpha value is -3.59. The lowest BCUT2D eigenvalue weighted by molar-refractivity contribution is -0.116. The number of carbonyl (C=O) groups is 1. The predicted molar refractivity (Wildman–Crippen MR) is 117 cm³/mol. The summed E-state index contributed by atoms with van der Waals surface area (Å²) in [6.07, 6.45) is 1.87. The van der Waals surface area contributed by atoms with Crippen LogP contribution >= 0.6 is 11.8 Å². The number of nitrogens with one attached hydrogen (secondary N) is 1. The van der Waals surface area contributed by atoms with E-state index < -0.39 is 0 Å². The summed E-state index contributed by atoms with van der Waals surface area (Å²) >= 11 is 1.39. The van der Waals surface area contributed by atoms with Crippen LogP contribution < -0.4 is 11.1 Å². The van der Waals surface area contributed by atoms with Gasteiger partial charge in [0.05, 0.1) is 0 Å². The van der Waals surface area contributed by atoms with Gasteiger partial charge in [-0.2, -0.15) is 10.1 Å². The van der Waals surface area contributed by atoms with E-state index in [1.54, 1.807) is 0 Å². The van der Waals surface area contributed by atoms with Gasteiger partial charge in [0.1, 0.15) is 23.0 Å². The van der Waals surface area contributed by atoms with Gasteiger partial charge >= 0.3 is 0 Å². The zero-order valence-corrected chi connectivity index (χ0v) is 17.3. The highest BCUT2D eigenvalue weighted by atomic mass is 32.2. The van der Waals surface area contributed by atoms with Gasteiger partial charge < -0.3 is 15.6 Å². The second-order valence-corrected chi connectivity index (χ2v) is 7.43. The molecule has 0 saturated heterocycles. The molecule has 30 heavy (non-hydrogen) atoms. The van der Waals surface area contributed by atoms with Gasteiger partial charge in [-0.25, -0.2) is 4.68 Å². The SMILES string of the molecule is CSc1nn(CC(=O)Nc2cccc(C)c2)c(N)c1-c1nc(-c2ccccc2)no1. The van der Waals surface area contributed by atoms with Gasteiger partial charge in [0.2, 0.25) is 11.7 Å². The average Bonchev–Trinajstić information content (AvgIpc) is 3.33. The van der Waals surface area contributed by atoms with Crippen molar-refractivity contribution in [1.82, 2.24) is 19.9 Å². The van der Waals surface area contributed by atoms with E-state index in [1.165, 1.54) is 16.4 Å². The van der Waals surface area contributed by atoms with Crippen molar-refractivity contribution < 1.29 is 9.32 Å². The van der Waals surface area contributed by atoms with Crippen molar-refractivity contribution in [3.63, 3.8) is 0 Å². The maximum atomic E-state index is 12.5. The summed E-state index contributed by atoms with van der Waals surface area (Å²) < 4.78 is 6.89. The second kappa shape index (κ2) is 8.42. The predicted octanol–water partition coefficient (Wildman–Crippen LogP) is 3.85. The molecule has 4 aromatic rings. The topological polar surface area (TPSA) is 112 Å². The molecule has 3 N–H and O–H groups in total. The number of aryl methyl sites for hydroxylation is 1. The molecule has 0 fully saturated rings. The number of thioether (sulfide) groups is 1. The average molecular weight is 420 g/mol. The van der Waals surface area contributed by atoms with Gasteiger partial charge in [-0.15, -0.1) is 11.8 Å². The number of nitrogens with two attached hydrogens (primary N) is 1. The molecule has 0 aliphatic heterocycles. The van der Waals surface area contributed by atoms with Crippen LogP contribution in [0.1, 0.15) is 5.56 Å². The van der Waals surface area contributed by atoms with Gasteiger partial charge in [0.15, 0.2) is 0 Å². The summed E-state index contributed by atoms with van der Waals surface area (Å²) in [5.41, 5.74) is 9.45. The minimum Gasteiger partial charge on any atom is -0.383 e. The normalized spacial score (nSPS) is 10.9. The molecule has 0 radical (unpaired) electrons. The van der Waals surface area contributed by atoms with Gasteiger partial charge in [-0.1, -0.05) is 47.6 Å². The fourth-order valence-electron chi connectivity index (χ4n) is 3.01. The molecule has 2 aromatic heterocycles.